The Morgan fingerprint density at radius 1 is 1.30 bits per heavy atom. The van der Waals surface area contributed by atoms with Gasteiger partial charge in [0.15, 0.2) is 5.16 Å². The summed E-state index contributed by atoms with van der Waals surface area (Å²) in [4.78, 5) is 19.4. The van der Waals surface area contributed by atoms with Crippen molar-refractivity contribution in [2.75, 3.05) is 20.1 Å². The Morgan fingerprint density at radius 2 is 1.90 bits per heavy atom. The predicted octanol–water partition coefficient (Wildman–Crippen LogP) is 2.78. The number of hydrogen-bond donors (Lipinski definition) is 0. The van der Waals surface area contributed by atoms with Crippen LogP contribution in [0.15, 0.2) is 11.2 Å². The van der Waals surface area contributed by atoms with E-state index in [1.165, 1.54) is 26.0 Å². The van der Waals surface area contributed by atoms with Gasteiger partial charge in [-0.15, -0.1) is 23.2 Å². The first-order chi connectivity index (χ1) is 9.62. The smallest absolute Gasteiger partial charge is 0.220 e. The molecule has 1 aromatic rings. The van der Waals surface area contributed by atoms with E-state index in [1.54, 1.807) is 6.07 Å². The Balaban J connectivity index is 2.71. The molecule has 0 aliphatic carbocycles. The number of carbonyl (C=O) groups is 1. The van der Waals surface area contributed by atoms with E-state index in [0.717, 1.165) is 6.29 Å². The van der Waals surface area contributed by atoms with Gasteiger partial charge in [-0.05, 0) is 12.8 Å². The SMILES string of the molecule is COc1cc(OC)nc(SC(C=O)CCC(Cl)CCl)n1. The highest BCUT2D eigenvalue weighted by Gasteiger charge is 2.15. The van der Waals surface area contributed by atoms with E-state index in [9.17, 15) is 4.79 Å². The first-order valence-electron chi connectivity index (χ1n) is 5.92. The lowest BCUT2D eigenvalue weighted by Crippen LogP contribution is -2.10. The van der Waals surface area contributed by atoms with Crippen LogP contribution in [0.3, 0.4) is 0 Å². The maximum atomic E-state index is 11.1. The van der Waals surface area contributed by atoms with Crippen LogP contribution in [0.1, 0.15) is 12.8 Å². The van der Waals surface area contributed by atoms with E-state index >= 15 is 0 Å². The van der Waals surface area contributed by atoms with Gasteiger partial charge in [-0.25, -0.2) is 0 Å². The van der Waals surface area contributed by atoms with Crippen LogP contribution < -0.4 is 9.47 Å². The first kappa shape index (κ1) is 17.3. The van der Waals surface area contributed by atoms with Gasteiger partial charge in [-0.3, -0.25) is 0 Å². The molecular formula is C12H16Cl2N2O3S. The number of hydrogen-bond acceptors (Lipinski definition) is 6. The van der Waals surface area contributed by atoms with Gasteiger partial charge in [0.2, 0.25) is 11.8 Å². The van der Waals surface area contributed by atoms with E-state index in [4.69, 9.17) is 32.7 Å². The lowest BCUT2D eigenvalue weighted by atomic mass is 10.2. The average Bonchev–Trinajstić information content (AvgIpc) is 2.50. The van der Waals surface area contributed by atoms with Crippen molar-refractivity contribution in [3.8, 4) is 11.8 Å². The van der Waals surface area contributed by atoms with E-state index in [1.807, 2.05) is 0 Å². The van der Waals surface area contributed by atoms with Crippen molar-refractivity contribution in [2.24, 2.45) is 0 Å². The number of carbonyl (C=O) groups excluding carboxylic acids is 1. The lowest BCUT2D eigenvalue weighted by molar-refractivity contribution is -0.107. The van der Waals surface area contributed by atoms with Gasteiger partial charge in [-0.1, -0.05) is 11.8 Å². The normalized spacial score (nSPS) is 13.6. The van der Waals surface area contributed by atoms with Crippen molar-refractivity contribution in [3.63, 3.8) is 0 Å². The maximum absolute atomic E-state index is 11.1. The highest BCUT2D eigenvalue weighted by molar-refractivity contribution is 8.00. The number of nitrogens with zero attached hydrogens (tertiary/aromatic N) is 2. The molecule has 1 heterocycles. The summed E-state index contributed by atoms with van der Waals surface area (Å²) in [7, 11) is 3.01. The summed E-state index contributed by atoms with van der Waals surface area (Å²) < 4.78 is 10.1. The van der Waals surface area contributed by atoms with Gasteiger partial charge in [-0.2, -0.15) is 9.97 Å². The lowest BCUT2D eigenvalue weighted by Gasteiger charge is -2.11. The van der Waals surface area contributed by atoms with Crippen LogP contribution in [0.5, 0.6) is 11.8 Å². The molecule has 1 rings (SSSR count). The standard InChI is InChI=1S/C12H16Cl2N2O3S/c1-18-10-5-11(19-2)16-12(15-10)20-9(7-17)4-3-8(14)6-13/h5,7-9H,3-4,6H2,1-2H3. The number of methoxy groups -OCH3 is 2. The summed E-state index contributed by atoms with van der Waals surface area (Å²) in [6.07, 6.45) is 2.12. The molecular weight excluding hydrogens is 323 g/mol. The summed E-state index contributed by atoms with van der Waals surface area (Å²) in [5, 5.41) is 0.00653. The number of alkyl halides is 2. The first-order valence-corrected chi connectivity index (χ1v) is 7.77. The third-order valence-electron chi connectivity index (χ3n) is 2.42. The molecule has 112 valence electrons. The fraction of sp³-hybridized carbons (Fsp3) is 0.583. The number of ether oxygens (including phenoxy) is 2. The van der Waals surface area contributed by atoms with Gasteiger partial charge in [0.25, 0.3) is 0 Å². The zero-order valence-corrected chi connectivity index (χ0v) is 13.5. The van der Waals surface area contributed by atoms with Gasteiger partial charge in [0.05, 0.1) is 25.5 Å². The van der Waals surface area contributed by atoms with E-state index in [-0.39, 0.29) is 10.6 Å². The largest absolute Gasteiger partial charge is 0.481 e. The number of rotatable bonds is 9. The Morgan fingerprint density at radius 3 is 2.35 bits per heavy atom. The summed E-state index contributed by atoms with van der Waals surface area (Å²) in [6.45, 7) is 0. The average molecular weight is 339 g/mol. The van der Waals surface area contributed by atoms with Crippen LogP contribution in [0.25, 0.3) is 0 Å². The molecule has 0 aliphatic rings. The third-order valence-corrected chi connectivity index (χ3v) is 4.36. The van der Waals surface area contributed by atoms with Crippen molar-refractivity contribution in [1.82, 2.24) is 9.97 Å². The molecule has 8 heteroatoms. The Hall–Kier alpha value is -0.720. The number of aldehydes is 1. The molecule has 0 N–H and O–H groups in total. The maximum Gasteiger partial charge on any atom is 0.220 e. The summed E-state index contributed by atoms with van der Waals surface area (Å²) in [5.74, 6) is 1.14. The predicted molar refractivity (Wildman–Crippen MR) is 80.4 cm³/mol. The highest BCUT2D eigenvalue weighted by Crippen LogP contribution is 2.27. The molecule has 0 aromatic carbocycles. The van der Waals surface area contributed by atoms with Crippen molar-refractivity contribution < 1.29 is 14.3 Å². The zero-order chi connectivity index (χ0) is 15.0. The van der Waals surface area contributed by atoms with Crippen LogP contribution in [0.2, 0.25) is 0 Å². The van der Waals surface area contributed by atoms with Crippen LogP contribution in [0.4, 0.5) is 0 Å². The van der Waals surface area contributed by atoms with Crippen molar-refractivity contribution in [2.45, 2.75) is 28.6 Å². The van der Waals surface area contributed by atoms with Crippen LogP contribution >= 0.6 is 35.0 Å². The number of halogens is 2. The minimum Gasteiger partial charge on any atom is -0.481 e. The molecule has 0 radical (unpaired) electrons. The summed E-state index contributed by atoms with van der Waals surface area (Å²) in [5.41, 5.74) is 0. The molecule has 0 spiro atoms. The van der Waals surface area contributed by atoms with E-state index < -0.39 is 0 Å². The second-order valence-corrected chi connectivity index (χ2v) is 5.99. The number of aromatic nitrogens is 2. The van der Waals surface area contributed by atoms with Crippen LogP contribution in [-0.2, 0) is 4.79 Å². The number of thioether (sulfide) groups is 1. The van der Waals surface area contributed by atoms with E-state index in [2.05, 4.69) is 9.97 Å². The van der Waals surface area contributed by atoms with Gasteiger partial charge in [0, 0.05) is 11.3 Å². The summed E-state index contributed by atoms with van der Waals surface area (Å²) >= 11 is 12.8. The van der Waals surface area contributed by atoms with E-state index in [0.29, 0.717) is 35.6 Å². The van der Waals surface area contributed by atoms with Gasteiger partial charge < -0.3 is 14.3 Å². The highest BCUT2D eigenvalue weighted by atomic mass is 35.5. The molecule has 20 heavy (non-hydrogen) atoms. The minimum atomic E-state index is -0.281. The molecule has 1 aromatic heterocycles. The molecule has 0 aliphatic heterocycles. The topological polar surface area (TPSA) is 61.3 Å². The molecule has 0 saturated heterocycles. The van der Waals surface area contributed by atoms with Gasteiger partial charge in [0.1, 0.15) is 6.29 Å². The molecule has 2 atom stereocenters. The minimum absolute atomic E-state index is 0.138. The Labute approximate surface area is 132 Å². The monoisotopic (exact) mass is 338 g/mol. The third kappa shape index (κ3) is 5.73. The molecule has 0 saturated carbocycles. The van der Waals surface area contributed by atoms with Crippen molar-refractivity contribution >= 4 is 41.2 Å². The Kier molecular flexibility index (Phi) is 8.02. The van der Waals surface area contributed by atoms with Gasteiger partial charge >= 0.3 is 0 Å². The molecule has 0 amide bonds. The summed E-state index contributed by atoms with van der Waals surface area (Å²) in [6, 6.07) is 1.57. The second kappa shape index (κ2) is 9.26. The second-order valence-electron chi connectivity index (χ2n) is 3.86. The molecule has 2 unspecified atom stereocenters. The quantitative estimate of drug-likeness (QED) is 0.298. The fourth-order valence-corrected chi connectivity index (χ4v) is 2.50. The van der Waals surface area contributed by atoms with Crippen molar-refractivity contribution in [3.05, 3.63) is 6.07 Å². The molecule has 0 bridgehead atoms. The Bertz CT molecular complexity index is 415. The zero-order valence-electron chi connectivity index (χ0n) is 11.2. The van der Waals surface area contributed by atoms with Crippen LogP contribution in [0, 0.1) is 0 Å². The van der Waals surface area contributed by atoms with Crippen LogP contribution in [-0.4, -0.2) is 47.0 Å². The molecule has 0 fully saturated rings. The molecule has 5 nitrogen and oxygen atoms in total. The fourth-order valence-electron chi connectivity index (χ4n) is 1.36. The van der Waals surface area contributed by atoms with Crippen molar-refractivity contribution in [1.29, 1.82) is 0 Å².